The summed E-state index contributed by atoms with van der Waals surface area (Å²) in [6.07, 6.45) is 6.97. The van der Waals surface area contributed by atoms with Crippen molar-refractivity contribution in [2.45, 2.75) is 26.1 Å². The van der Waals surface area contributed by atoms with Crippen LogP contribution in [0.4, 0.5) is 0 Å². The van der Waals surface area contributed by atoms with Crippen molar-refractivity contribution in [3.8, 4) is 5.75 Å². The van der Waals surface area contributed by atoms with E-state index in [9.17, 15) is 4.79 Å². The van der Waals surface area contributed by atoms with Crippen molar-refractivity contribution >= 4 is 5.91 Å². The first-order valence-corrected chi connectivity index (χ1v) is 9.28. The van der Waals surface area contributed by atoms with Crippen LogP contribution in [0.3, 0.4) is 0 Å². The standard InChI is InChI=1S/C22H24N4O2/c1-2-28-20-9-3-8-19(12-20)21(25-15-17-6-4-10-23-13-17)22(27)26-16-18-7-5-11-24-14-18/h3-14,21,25H,2,15-16H2,1H3,(H,26,27). The van der Waals surface area contributed by atoms with Gasteiger partial charge in [-0.3, -0.25) is 20.1 Å². The lowest BCUT2D eigenvalue weighted by atomic mass is 10.0. The number of nitrogens with one attached hydrogen (secondary N) is 2. The first-order chi connectivity index (χ1) is 13.8. The number of carbonyl (C=O) groups excluding carboxylic acids is 1. The SMILES string of the molecule is CCOc1cccc(C(NCc2cccnc2)C(=O)NCc2cccnc2)c1. The molecular weight excluding hydrogens is 352 g/mol. The first kappa shape index (κ1) is 19.5. The van der Waals surface area contributed by atoms with E-state index in [4.69, 9.17) is 4.74 Å². The minimum Gasteiger partial charge on any atom is -0.494 e. The second-order valence-electron chi connectivity index (χ2n) is 6.26. The molecule has 3 rings (SSSR count). The van der Waals surface area contributed by atoms with Crippen LogP contribution in [0, 0.1) is 0 Å². The molecule has 2 heterocycles. The van der Waals surface area contributed by atoms with Gasteiger partial charge < -0.3 is 10.1 Å². The lowest BCUT2D eigenvalue weighted by Gasteiger charge is -2.20. The van der Waals surface area contributed by atoms with Crippen LogP contribution in [0.15, 0.2) is 73.3 Å². The molecule has 1 amide bonds. The number of ether oxygens (including phenoxy) is 1. The van der Waals surface area contributed by atoms with Crippen LogP contribution in [0.5, 0.6) is 5.75 Å². The van der Waals surface area contributed by atoms with Gasteiger partial charge in [0.1, 0.15) is 11.8 Å². The number of carbonyl (C=O) groups is 1. The molecule has 0 aliphatic carbocycles. The van der Waals surface area contributed by atoms with E-state index >= 15 is 0 Å². The maximum atomic E-state index is 13.0. The molecule has 0 saturated heterocycles. The molecule has 1 atom stereocenters. The minimum absolute atomic E-state index is 0.110. The van der Waals surface area contributed by atoms with Gasteiger partial charge >= 0.3 is 0 Å². The molecule has 0 spiro atoms. The lowest BCUT2D eigenvalue weighted by molar-refractivity contribution is -0.123. The van der Waals surface area contributed by atoms with Crippen molar-refractivity contribution in [3.63, 3.8) is 0 Å². The van der Waals surface area contributed by atoms with E-state index in [1.54, 1.807) is 24.8 Å². The third-order valence-electron chi connectivity index (χ3n) is 4.19. The highest BCUT2D eigenvalue weighted by Crippen LogP contribution is 2.20. The summed E-state index contributed by atoms with van der Waals surface area (Å²) in [6, 6.07) is 14.7. The molecular formula is C22H24N4O2. The first-order valence-electron chi connectivity index (χ1n) is 9.28. The molecule has 0 radical (unpaired) electrons. The molecule has 6 heteroatoms. The van der Waals surface area contributed by atoms with Gasteiger partial charge in [0.05, 0.1) is 6.61 Å². The fourth-order valence-corrected chi connectivity index (χ4v) is 2.83. The van der Waals surface area contributed by atoms with E-state index < -0.39 is 6.04 Å². The van der Waals surface area contributed by atoms with Gasteiger partial charge in [-0.15, -0.1) is 0 Å². The van der Waals surface area contributed by atoms with E-state index in [2.05, 4.69) is 20.6 Å². The Morgan fingerprint density at radius 1 is 1.00 bits per heavy atom. The molecule has 0 bridgehead atoms. The molecule has 2 aromatic heterocycles. The number of amides is 1. The molecule has 28 heavy (non-hydrogen) atoms. The highest BCUT2D eigenvalue weighted by Gasteiger charge is 2.20. The number of hydrogen-bond donors (Lipinski definition) is 2. The Morgan fingerprint density at radius 3 is 2.36 bits per heavy atom. The van der Waals surface area contributed by atoms with Crippen LogP contribution in [0.1, 0.15) is 29.7 Å². The summed E-state index contributed by atoms with van der Waals surface area (Å²) in [5.41, 5.74) is 2.80. The van der Waals surface area contributed by atoms with Gasteiger partial charge in [0.25, 0.3) is 0 Å². The maximum absolute atomic E-state index is 13.0. The summed E-state index contributed by atoms with van der Waals surface area (Å²) < 4.78 is 5.59. The third-order valence-corrected chi connectivity index (χ3v) is 4.19. The van der Waals surface area contributed by atoms with E-state index in [1.165, 1.54) is 0 Å². The van der Waals surface area contributed by atoms with E-state index in [1.807, 2.05) is 55.5 Å². The fourth-order valence-electron chi connectivity index (χ4n) is 2.83. The van der Waals surface area contributed by atoms with Crippen LogP contribution in [-0.4, -0.2) is 22.5 Å². The Bertz CT molecular complexity index is 872. The van der Waals surface area contributed by atoms with Gasteiger partial charge in [-0.25, -0.2) is 0 Å². The van der Waals surface area contributed by atoms with Gasteiger partial charge in [-0.2, -0.15) is 0 Å². The van der Waals surface area contributed by atoms with Crippen molar-refractivity contribution in [2.75, 3.05) is 6.61 Å². The van der Waals surface area contributed by atoms with Gasteiger partial charge in [0.15, 0.2) is 0 Å². The average molecular weight is 376 g/mol. The second-order valence-corrected chi connectivity index (χ2v) is 6.26. The molecule has 1 unspecified atom stereocenters. The summed E-state index contributed by atoms with van der Waals surface area (Å²) in [6.45, 7) is 3.45. The van der Waals surface area contributed by atoms with Crippen molar-refractivity contribution in [1.82, 2.24) is 20.6 Å². The molecule has 144 valence electrons. The van der Waals surface area contributed by atoms with Crippen molar-refractivity contribution < 1.29 is 9.53 Å². The molecule has 0 aliphatic heterocycles. The fraction of sp³-hybridized carbons (Fsp3) is 0.227. The molecule has 0 saturated carbocycles. The monoisotopic (exact) mass is 376 g/mol. The quantitative estimate of drug-likeness (QED) is 0.600. The number of benzene rings is 1. The Balaban J connectivity index is 1.74. The van der Waals surface area contributed by atoms with Gasteiger partial charge in [0, 0.05) is 37.9 Å². The Kier molecular flexibility index (Phi) is 7.09. The smallest absolute Gasteiger partial charge is 0.242 e. The van der Waals surface area contributed by atoms with Crippen LogP contribution in [0.25, 0.3) is 0 Å². The van der Waals surface area contributed by atoms with E-state index in [-0.39, 0.29) is 5.91 Å². The number of nitrogens with zero attached hydrogens (tertiary/aromatic N) is 2. The largest absolute Gasteiger partial charge is 0.494 e. The topological polar surface area (TPSA) is 76.1 Å². The molecule has 6 nitrogen and oxygen atoms in total. The van der Waals surface area contributed by atoms with E-state index in [0.717, 1.165) is 22.4 Å². The highest BCUT2D eigenvalue weighted by atomic mass is 16.5. The third kappa shape index (κ3) is 5.62. The zero-order chi connectivity index (χ0) is 19.6. The van der Waals surface area contributed by atoms with Gasteiger partial charge in [0.2, 0.25) is 5.91 Å². The zero-order valence-corrected chi connectivity index (χ0v) is 15.8. The predicted molar refractivity (Wildman–Crippen MR) is 108 cm³/mol. The molecule has 3 aromatic rings. The van der Waals surface area contributed by atoms with Crippen molar-refractivity contribution in [1.29, 1.82) is 0 Å². The minimum atomic E-state index is -0.516. The molecule has 0 aliphatic rings. The van der Waals surface area contributed by atoms with Crippen LogP contribution < -0.4 is 15.4 Å². The molecule has 2 N–H and O–H groups in total. The van der Waals surface area contributed by atoms with Crippen molar-refractivity contribution in [2.24, 2.45) is 0 Å². The number of pyridine rings is 2. The van der Waals surface area contributed by atoms with Crippen LogP contribution >= 0.6 is 0 Å². The Hall–Kier alpha value is -3.25. The zero-order valence-electron chi connectivity index (χ0n) is 15.8. The average Bonchev–Trinajstić information content (AvgIpc) is 2.74. The summed E-state index contributed by atoms with van der Waals surface area (Å²) in [5.74, 6) is 0.634. The number of rotatable bonds is 9. The second kappa shape index (κ2) is 10.2. The van der Waals surface area contributed by atoms with Crippen LogP contribution in [-0.2, 0) is 17.9 Å². The predicted octanol–water partition coefficient (Wildman–Crippen LogP) is 3.02. The Morgan fingerprint density at radius 2 is 1.71 bits per heavy atom. The molecule has 0 fully saturated rings. The number of hydrogen-bond acceptors (Lipinski definition) is 5. The van der Waals surface area contributed by atoms with Gasteiger partial charge in [-0.1, -0.05) is 24.3 Å². The Labute approximate surface area is 165 Å². The summed E-state index contributed by atoms with van der Waals surface area (Å²) in [5, 5.41) is 6.32. The summed E-state index contributed by atoms with van der Waals surface area (Å²) in [7, 11) is 0. The highest BCUT2D eigenvalue weighted by molar-refractivity contribution is 5.83. The summed E-state index contributed by atoms with van der Waals surface area (Å²) in [4.78, 5) is 21.2. The maximum Gasteiger partial charge on any atom is 0.242 e. The summed E-state index contributed by atoms with van der Waals surface area (Å²) >= 11 is 0. The number of aromatic nitrogens is 2. The van der Waals surface area contributed by atoms with E-state index in [0.29, 0.717) is 19.7 Å². The van der Waals surface area contributed by atoms with Crippen LogP contribution in [0.2, 0.25) is 0 Å². The van der Waals surface area contributed by atoms with Gasteiger partial charge in [-0.05, 0) is 47.9 Å². The molecule has 1 aromatic carbocycles. The normalized spacial score (nSPS) is 11.6. The van der Waals surface area contributed by atoms with Crippen molar-refractivity contribution in [3.05, 3.63) is 90.0 Å². The lowest BCUT2D eigenvalue weighted by Crippen LogP contribution is -2.37.